The number of H-pyrrole nitrogens is 2. The van der Waals surface area contributed by atoms with Crippen molar-refractivity contribution in [1.29, 1.82) is 0 Å². The van der Waals surface area contributed by atoms with E-state index in [1.807, 2.05) is 12.3 Å². The summed E-state index contributed by atoms with van der Waals surface area (Å²) in [5, 5.41) is 10.5. The molecule has 1 aliphatic rings. The average Bonchev–Trinajstić information content (AvgIpc) is 3.26. The zero-order chi connectivity index (χ0) is 15.1. The van der Waals surface area contributed by atoms with Crippen LogP contribution in [0.5, 0.6) is 0 Å². The number of nitrogens with zero attached hydrogens (tertiary/aromatic N) is 3. The monoisotopic (exact) mass is 297 g/mol. The van der Waals surface area contributed by atoms with Gasteiger partial charge in [-0.2, -0.15) is 0 Å². The Morgan fingerprint density at radius 2 is 2.27 bits per heavy atom. The molecule has 1 unspecified atom stereocenters. The van der Waals surface area contributed by atoms with E-state index in [9.17, 15) is 9.90 Å². The van der Waals surface area contributed by atoms with Crippen molar-refractivity contribution in [2.75, 3.05) is 13.1 Å². The minimum atomic E-state index is -0.417. The molecule has 3 aromatic heterocycles. The first-order valence-corrected chi connectivity index (χ1v) is 7.16. The van der Waals surface area contributed by atoms with E-state index in [1.165, 1.54) is 6.33 Å². The van der Waals surface area contributed by atoms with Crippen LogP contribution in [0.3, 0.4) is 0 Å². The molecule has 0 aliphatic carbocycles. The van der Waals surface area contributed by atoms with Crippen LogP contribution in [0.15, 0.2) is 30.9 Å². The maximum absolute atomic E-state index is 12.4. The number of fused-ring (bicyclic) bond motifs is 1. The molecule has 1 saturated heterocycles. The molecule has 3 N–H and O–H groups in total. The van der Waals surface area contributed by atoms with Crippen molar-refractivity contribution in [3.63, 3.8) is 0 Å². The molecule has 0 saturated carbocycles. The molecule has 1 fully saturated rings. The number of aromatic nitrogens is 4. The number of hydrogen-bond acceptors (Lipinski definition) is 4. The molecule has 22 heavy (non-hydrogen) atoms. The summed E-state index contributed by atoms with van der Waals surface area (Å²) >= 11 is 0. The third-order valence-corrected chi connectivity index (χ3v) is 3.99. The number of β-amino-alcohol motifs (C(OH)–C–C–N with tert-alkyl or cyclic N) is 1. The number of aromatic amines is 2. The summed E-state index contributed by atoms with van der Waals surface area (Å²) < 4.78 is 0. The predicted molar refractivity (Wildman–Crippen MR) is 80.2 cm³/mol. The lowest BCUT2D eigenvalue weighted by Gasteiger charge is -2.13. The highest BCUT2D eigenvalue weighted by atomic mass is 16.3. The molecule has 0 radical (unpaired) electrons. The summed E-state index contributed by atoms with van der Waals surface area (Å²) in [7, 11) is 0. The van der Waals surface area contributed by atoms with E-state index in [2.05, 4.69) is 19.9 Å². The van der Waals surface area contributed by atoms with Gasteiger partial charge in [0.15, 0.2) is 0 Å². The number of carbonyl (C=O) groups is 1. The molecule has 0 bridgehead atoms. The summed E-state index contributed by atoms with van der Waals surface area (Å²) in [6.45, 7) is 0.979. The lowest BCUT2D eigenvalue weighted by molar-refractivity contribution is 0.0760. The summed E-state index contributed by atoms with van der Waals surface area (Å²) in [4.78, 5) is 28.6. The fraction of sp³-hybridized carbons (Fsp3) is 0.267. The van der Waals surface area contributed by atoms with Crippen molar-refractivity contribution in [1.82, 2.24) is 24.8 Å². The van der Waals surface area contributed by atoms with E-state index < -0.39 is 6.10 Å². The van der Waals surface area contributed by atoms with Gasteiger partial charge in [-0.3, -0.25) is 4.79 Å². The van der Waals surface area contributed by atoms with Crippen molar-refractivity contribution in [3.8, 4) is 11.3 Å². The standard InChI is InChI=1S/C15H15N5O2/c21-10-2-4-20(7-10)15(22)12-5-9(6-17-12)13-11-1-3-16-14(11)19-8-18-13/h1,3,5-6,8,10,17,21H,2,4,7H2,(H,16,18,19). The number of carbonyl (C=O) groups excluding carboxylic acids is 1. The van der Waals surface area contributed by atoms with Crippen molar-refractivity contribution in [2.45, 2.75) is 12.5 Å². The van der Waals surface area contributed by atoms with Gasteiger partial charge in [0.05, 0.1) is 11.8 Å². The van der Waals surface area contributed by atoms with E-state index in [0.717, 1.165) is 22.3 Å². The second-order valence-corrected chi connectivity index (χ2v) is 5.46. The fourth-order valence-corrected chi connectivity index (χ4v) is 2.85. The molecule has 1 atom stereocenters. The largest absolute Gasteiger partial charge is 0.391 e. The predicted octanol–water partition coefficient (Wildman–Crippen LogP) is 1.16. The highest BCUT2D eigenvalue weighted by Crippen LogP contribution is 2.26. The van der Waals surface area contributed by atoms with Gasteiger partial charge in [-0.05, 0) is 18.6 Å². The van der Waals surface area contributed by atoms with Gasteiger partial charge in [-0.1, -0.05) is 0 Å². The highest BCUT2D eigenvalue weighted by Gasteiger charge is 2.26. The SMILES string of the molecule is O=C(c1cc(-c2ncnc3[nH]ccc23)c[nH]1)N1CCC(O)C1. The second kappa shape index (κ2) is 4.96. The molecule has 7 nitrogen and oxygen atoms in total. The average molecular weight is 297 g/mol. The molecular formula is C15H15N5O2. The first kappa shape index (κ1) is 13.0. The Kier molecular flexibility index (Phi) is 2.93. The Labute approximate surface area is 126 Å². The summed E-state index contributed by atoms with van der Waals surface area (Å²) in [5.41, 5.74) is 2.89. The Hall–Kier alpha value is -2.67. The van der Waals surface area contributed by atoms with Gasteiger partial charge in [-0.25, -0.2) is 9.97 Å². The quantitative estimate of drug-likeness (QED) is 0.661. The topological polar surface area (TPSA) is 97.9 Å². The van der Waals surface area contributed by atoms with Crippen LogP contribution < -0.4 is 0 Å². The normalized spacial score (nSPS) is 18.2. The minimum Gasteiger partial charge on any atom is -0.391 e. The lowest BCUT2D eigenvalue weighted by Crippen LogP contribution is -2.29. The van der Waals surface area contributed by atoms with Gasteiger partial charge in [0.25, 0.3) is 5.91 Å². The van der Waals surface area contributed by atoms with Crippen LogP contribution in [0.2, 0.25) is 0 Å². The minimum absolute atomic E-state index is 0.0952. The maximum Gasteiger partial charge on any atom is 0.270 e. The smallest absolute Gasteiger partial charge is 0.270 e. The molecule has 3 aromatic rings. The van der Waals surface area contributed by atoms with E-state index >= 15 is 0 Å². The van der Waals surface area contributed by atoms with Crippen LogP contribution in [-0.2, 0) is 0 Å². The number of aliphatic hydroxyl groups is 1. The zero-order valence-corrected chi connectivity index (χ0v) is 11.8. The molecule has 0 aromatic carbocycles. The first-order valence-electron chi connectivity index (χ1n) is 7.16. The van der Waals surface area contributed by atoms with E-state index in [1.54, 1.807) is 17.2 Å². The van der Waals surface area contributed by atoms with E-state index in [-0.39, 0.29) is 5.91 Å². The molecule has 1 aliphatic heterocycles. The Balaban J connectivity index is 1.67. The second-order valence-electron chi connectivity index (χ2n) is 5.46. The molecule has 4 rings (SSSR count). The van der Waals surface area contributed by atoms with E-state index in [0.29, 0.717) is 25.2 Å². The summed E-state index contributed by atoms with van der Waals surface area (Å²) in [6, 6.07) is 3.71. The maximum atomic E-state index is 12.4. The van der Waals surface area contributed by atoms with Gasteiger partial charge in [0, 0.05) is 36.4 Å². The fourth-order valence-electron chi connectivity index (χ4n) is 2.85. The number of hydrogen-bond donors (Lipinski definition) is 3. The van der Waals surface area contributed by atoms with Crippen LogP contribution in [0.25, 0.3) is 22.3 Å². The van der Waals surface area contributed by atoms with Crippen LogP contribution >= 0.6 is 0 Å². The third-order valence-electron chi connectivity index (χ3n) is 3.99. The number of likely N-dealkylation sites (tertiary alicyclic amines) is 1. The highest BCUT2D eigenvalue weighted by molar-refractivity contribution is 5.96. The van der Waals surface area contributed by atoms with Gasteiger partial charge < -0.3 is 20.0 Å². The number of nitrogens with one attached hydrogen (secondary N) is 2. The van der Waals surface area contributed by atoms with Gasteiger partial charge in [-0.15, -0.1) is 0 Å². The third kappa shape index (κ3) is 2.06. The lowest BCUT2D eigenvalue weighted by atomic mass is 10.1. The number of amides is 1. The number of rotatable bonds is 2. The van der Waals surface area contributed by atoms with Gasteiger partial charge in [0.1, 0.15) is 17.7 Å². The molecule has 1 amide bonds. The number of aliphatic hydroxyl groups excluding tert-OH is 1. The van der Waals surface area contributed by atoms with Crippen LogP contribution in [-0.4, -0.2) is 55.0 Å². The van der Waals surface area contributed by atoms with Gasteiger partial charge >= 0.3 is 0 Å². The molecule has 0 spiro atoms. The molecule has 4 heterocycles. The summed E-state index contributed by atoms with van der Waals surface area (Å²) in [6.07, 6.45) is 5.30. The zero-order valence-electron chi connectivity index (χ0n) is 11.8. The van der Waals surface area contributed by atoms with Crippen LogP contribution in [0, 0.1) is 0 Å². The Morgan fingerprint density at radius 3 is 3.09 bits per heavy atom. The first-order chi connectivity index (χ1) is 10.7. The Bertz CT molecular complexity index is 837. The van der Waals surface area contributed by atoms with Crippen molar-refractivity contribution >= 4 is 16.9 Å². The molecular weight excluding hydrogens is 282 g/mol. The van der Waals surface area contributed by atoms with Gasteiger partial charge in [0.2, 0.25) is 0 Å². The van der Waals surface area contributed by atoms with Crippen LogP contribution in [0.1, 0.15) is 16.9 Å². The molecule has 112 valence electrons. The van der Waals surface area contributed by atoms with E-state index in [4.69, 9.17) is 0 Å². The summed E-state index contributed by atoms with van der Waals surface area (Å²) in [5.74, 6) is -0.0952. The Morgan fingerprint density at radius 1 is 1.36 bits per heavy atom. The van der Waals surface area contributed by atoms with Crippen molar-refractivity contribution in [3.05, 3.63) is 36.5 Å². The van der Waals surface area contributed by atoms with Crippen molar-refractivity contribution in [2.24, 2.45) is 0 Å². The molecule has 7 heteroatoms. The van der Waals surface area contributed by atoms with Crippen molar-refractivity contribution < 1.29 is 9.90 Å². The van der Waals surface area contributed by atoms with Crippen LogP contribution in [0.4, 0.5) is 0 Å².